The van der Waals surface area contributed by atoms with Crippen molar-refractivity contribution < 1.29 is 4.74 Å². The van der Waals surface area contributed by atoms with Crippen LogP contribution in [-0.2, 0) is 18.3 Å². The zero-order valence-electron chi connectivity index (χ0n) is 16.7. The first-order chi connectivity index (χ1) is 13.6. The van der Waals surface area contributed by atoms with E-state index in [1.165, 1.54) is 4.90 Å². The largest absolute Gasteiger partial charge is 0.382 e. The molecule has 0 radical (unpaired) electrons. The summed E-state index contributed by atoms with van der Waals surface area (Å²) in [7, 11) is 1.95. The number of benzene rings is 1. The molecule has 1 aromatic heterocycles. The average Bonchev–Trinajstić information content (AvgIpc) is 3.02. The summed E-state index contributed by atoms with van der Waals surface area (Å²) in [5.41, 5.74) is 0. The van der Waals surface area contributed by atoms with Crippen LogP contribution in [0.1, 0.15) is 25.0 Å². The number of nitrogens with zero attached hydrogens (tertiary/aromatic N) is 4. The molecule has 154 valence electrons. The summed E-state index contributed by atoms with van der Waals surface area (Å²) in [5, 5.41) is 15.7. The van der Waals surface area contributed by atoms with Gasteiger partial charge in [-0.1, -0.05) is 11.6 Å². The van der Waals surface area contributed by atoms with Gasteiger partial charge in [-0.3, -0.25) is 0 Å². The maximum atomic E-state index is 5.93. The van der Waals surface area contributed by atoms with Crippen LogP contribution in [0.15, 0.2) is 34.2 Å². The van der Waals surface area contributed by atoms with Gasteiger partial charge < -0.3 is 19.9 Å². The minimum Gasteiger partial charge on any atom is -0.382 e. The maximum Gasteiger partial charge on any atom is 0.191 e. The molecule has 0 unspecified atom stereocenters. The van der Waals surface area contributed by atoms with Crippen LogP contribution in [0.2, 0.25) is 5.02 Å². The van der Waals surface area contributed by atoms with E-state index in [0.717, 1.165) is 61.1 Å². The van der Waals surface area contributed by atoms with Crippen LogP contribution in [0.5, 0.6) is 0 Å². The normalized spacial score (nSPS) is 11.6. The molecule has 0 aliphatic heterocycles. The van der Waals surface area contributed by atoms with Crippen molar-refractivity contribution in [1.29, 1.82) is 0 Å². The lowest BCUT2D eigenvalue weighted by atomic mass is 10.4. The molecule has 1 aromatic carbocycles. The Morgan fingerprint density at radius 2 is 1.96 bits per heavy atom. The second kappa shape index (κ2) is 12.6. The van der Waals surface area contributed by atoms with Crippen molar-refractivity contribution in [3.05, 3.63) is 40.9 Å². The lowest BCUT2D eigenvalue weighted by molar-refractivity contribution is 0.145. The van der Waals surface area contributed by atoms with Crippen LogP contribution in [-0.4, -0.2) is 52.8 Å². The zero-order chi connectivity index (χ0) is 20.2. The van der Waals surface area contributed by atoms with Crippen molar-refractivity contribution >= 4 is 29.3 Å². The third kappa shape index (κ3) is 8.08. The molecule has 0 saturated carbocycles. The molecule has 2 aromatic rings. The SMILES string of the molecule is CCOCCCNC(=NCc1nnc(C)n1C)NCCSc1ccc(Cl)cc1. The number of aromatic nitrogens is 3. The van der Waals surface area contributed by atoms with Gasteiger partial charge in [0.1, 0.15) is 12.4 Å². The molecule has 0 amide bonds. The lowest BCUT2D eigenvalue weighted by Crippen LogP contribution is -2.39. The highest BCUT2D eigenvalue weighted by Gasteiger charge is 2.05. The number of hydrogen-bond acceptors (Lipinski definition) is 5. The summed E-state index contributed by atoms with van der Waals surface area (Å²) in [6, 6.07) is 7.88. The minimum absolute atomic E-state index is 0.475. The molecule has 2 rings (SSSR count). The molecule has 0 spiro atoms. The van der Waals surface area contributed by atoms with Crippen molar-refractivity contribution in [3.63, 3.8) is 0 Å². The second-order valence-electron chi connectivity index (χ2n) is 6.09. The van der Waals surface area contributed by atoms with Crippen molar-refractivity contribution in [2.24, 2.45) is 12.0 Å². The first-order valence-corrected chi connectivity index (χ1v) is 10.8. The van der Waals surface area contributed by atoms with Gasteiger partial charge in [0, 0.05) is 49.0 Å². The Bertz CT molecular complexity index is 735. The third-order valence-electron chi connectivity index (χ3n) is 4.00. The van der Waals surface area contributed by atoms with E-state index >= 15 is 0 Å². The highest BCUT2D eigenvalue weighted by atomic mass is 35.5. The maximum absolute atomic E-state index is 5.93. The predicted octanol–water partition coefficient (Wildman–Crippen LogP) is 3.03. The third-order valence-corrected chi connectivity index (χ3v) is 5.27. The van der Waals surface area contributed by atoms with E-state index in [1.807, 2.05) is 49.7 Å². The smallest absolute Gasteiger partial charge is 0.191 e. The molecule has 0 bridgehead atoms. The van der Waals surface area contributed by atoms with Crippen molar-refractivity contribution in [2.45, 2.75) is 31.7 Å². The summed E-state index contributed by atoms with van der Waals surface area (Å²) >= 11 is 7.70. The molecule has 0 saturated heterocycles. The average molecular weight is 425 g/mol. The first-order valence-electron chi connectivity index (χ1n) is 9.43. The molecule has 1 heterocycles. The molecule has 0 aliphatic carbocycles. The van der Waals surface area contributed by atoms with Gasteiger partial charge in [0.25, 0.3) is 0 Å². The summed E-state index contributed by atoms with van der Waals surface area (Å²) in [5.74, 6) is 3.41. The van der Waals surface area contributed by atoms with Gasteiger partial charge >= 0.3 is 0 Å². The highest BCUT2D eigenvalue weighted by Crippen LogP contribution is 2.19. The Morgan fingerprint density at radius 3 is 2.64 bits per heavy atom. The molecular weight excluding hydrogens is 396 g/mol. The van der Waals surface area contributed by atoms with Crippen LogP contribution in [0.25, 0.3) is 0 Å². The summed E-state index contributed by atoms with van der Waals surface area (Å²) in [6.07, 6.45) is 0.928. The van der Waals surface area contributed by atoms with Gasteiger partial charge in [-0.2, -0.15) is 0 Å². The number of aryl methyl sites for hydroxylation is 1. The topological polar surface area (TPSA) is 76.4 Å². The number of ether oxygens (including phenoxy) is 1. The number of nitrogens with one attached hydrogen (secondary N) is 2. The van der Waals surface area contributed by atoms with E-state index in [1.54, 1.807) is 11.8 Å². The van der Waals surface area contributed by atoms with E-state index in [0.29, 0.717) is 6.54 Å². The first kappa shape index (κ1) is 22.5. The molecule has 9 heteroatoms. The predicted molar refractivity (Wildman–Crippen MR) is 116 cm³/mol. The minimum atomic E-state index is 0.475. The summed E-state index contributed by atoms with van der Waals surface area (Å²) in [6.45, 7) is 7.49. The van der Waals surface area contributed by atoms with Crippen LogP contribution in [0, 0.1) is 6.92 Å². The van der Waals surface area contributed by atoms with Crippen LogP contribution in [0.4, 0.5) is 0 Å². The Labute approximate surface area is 176 Å². The fourth-order valence-electron chi connectivity index (χ4n) is 2.31. The number of hydrogen-bond donors (Lipinski definition) is 2. The number of guanidine groups is 1. The molecule has 2 N–H and O–H groups in total. The monoisotopic (exact) mass is 424 g/mol. The van der Waals surface area contributed by atoms with Gasteiger partial charge in [-0.05, 0) is 44.5 Å². The van der Waals surface area contributed by atoms with Gasteiger partial charge in [0.2, 0.25) is 0 Å². The molecular formula is C19H29ClN6OS. The second-order valence-corrected chi connectivity index (χ2v) is 7.70. The number of thioether (sulfide) groups is 1. The molecule has 28 heavy (non-hydrogen) atoms. The van der Waals surface area contributed by atoms with Gasteiger partial charge in [-0.25, -0.2) is 4.99 Å². The van der Waals surface area contributed by atoms with Crippen molar-refractivity contribution in [3.8, 4) is 0 Å². The Hall–Kier alpha value is -1.77. The van der Waals surface area contributed by atoms with E-state index in [9.17, 15) is 0 Å². The van der Waals surface area contributed by atoms with E-state index in [-0.39, 0.29) is 0 Å². The molecule has 0 aliphatic rings. The summed E-state index contributed by atoms with van der Waals surface area (Å²) < 4.78 is 7.34. The number of rotatable bonds is 11. The molecule has 7 nitrogen and oxygen atoms in total. The Balaban J connectivity index is 1.82. The Morgan fingerprint density at radius 1 is 1.21 bits per heavy atom. The van der Waals surface area contributed by atoms with Crippen molar-refractivity contribution in [1.82, 2.24) is 25.4 Å². The molecule has 0 atom stereocenters. The zero-order valence-corrected chi connectivity index (χ0v) is 18.3. The van der Waals surface area contributed by atoms with E-state index < -0.39 is 0 Å². The lowest BCUT2D eigenvalue weighted by Gasteiger charge is -2.12. The molecule has 0 fully saturated rings. The quantitative estimate of drug-likeness (QED) is 0.250. The van der Waals surface area contributed by atoms with E-state index in [2.05, 4.69) is 25.8 Å². The van der Waals surface area contributed by atoms with Crippen LogP contribution in [0.3, 0.4) is 0 Å². The van der Waals surface area contributed by atoms with Gasteiger partial charge in [0.05, 0.1) is 0 Å². The Kier molecular flexibility index (Phi) is 10.2. The fourth-order valence-corrected chi connectivity index (χ4v) is 3.20. The van der Waals surface area contributed by atoms with Crippen molar-refractivity contribution in [2.75, 3.05) is 32.1 Å². The fraction of sp³-hybridized carbons (Fsp3) is 0.526. The van der Waals surface area contributed by atoms with E-state index in [4.69, 9.17) is 16.3 Å². The van der Waals surface area contributed by atoms with Gasteiger partial charge in [0.15, 0.2) is 11.8 Å². The summed E-state index contributed by atoms with van der Waals surface area (Å²) in [4.78, 5) is 5.84. The standard InChI is InChI=1S/C19H29ClN6OS/c1-4-27-12-5-10-21-19(23-14-18-25-24-15(2)26(18)3)22-11-13-28-17-8-6-16(20)7-9-17/h6-9H,4-5,10-14H2,1-3H3,(H2,21,22,23). The number of halogens is 1. The van der Waals surface area contributed by atoms with Crippen LogP contribution >= 0.6 is 23.4 Å². The number of aliphatic imine (C=N–C) groups is 1. The van der Waals surface area contributed by atoms with Gasteiger partial charge in [-0.15, -0.1) is 22.0 Å². The van der Waals surface area contributed by atoms with Crippen LogP contribution < -0.4 is 10.6 Å². The highest BCUT2D eigenvalue weighted by molar-refractivity contribution is 7.99.